The van der Waals surface area contributed by atoms with Gasteiger partial charge in [-0.2, -0.15) is 0 Å². The summed E-state index contributed by atoms with van der Waals surface area (Å²) in [5.41, 5.74) is 1.82. The molecule has 84 valence electrons. The summed E-state index contributed by atoms with van der Waals surface area (Å²) in [7, 11) is 0. The monoisotopic (exact) mass is 217 g/mol. The van der Waals surface area contributed by atoms with E-state index in [1.165, 1.54) is 4.90 Å². The highest BCUT2D eigenvalue weighted by Gasteiger charge is 2.31. The summed E-state index contributed by atoms with van der Waals surface area (Å²) >= 11 is 0. The van der Waals surface area contributed by atoms with Crippen LogP contribution in [0.25, 0.3) is 0 Å². The van der Waals surface area contributed by atoms with Crippen LogP contribution in [0.3, 0.4) is 0 Å². The Bertz CT molecular complexity index is 414. The van der Waals surface area contributed by atoms with E-state index in [4.69, 9.17) is 0 Å². The van der Waals surface area contributed by atoms with Crippen molar-refractivity contribution in [1.29, 1.82) is 0 Å². The minimum Gasteiger partial charge on any atom is -0.373 e. The highest BCUT2D eigenvalue weighted by Crippen LogP contribution is 2.28. The molecule has 0 radical (unpaired) electrons. The molecule has 1 N–H and O–H groups in total. The lowest BCUT2D eigenvalue weighted by molar-refractivity contribution is -0.117. The lowest BCUT2D eigenvalue weighted by atomic mass is 10.1. The van der Waals surface area contributed by atoms with Gasteiger partial charge < -0.3 is 5.11 Å². The van der Waals surface area contributed by atoms with Gasteiger partial charge in [-0.1, -0.05) is 24.3 Å². The van der Waals surface area contributed by atoms with Crippen molar-refractivity contribution >= 4 is 11.6 Å². The third kappa shape index (κ3) is 1.86. The van der Waals surface area contributed by atoms with Gasteiger partial charge in [-0.25, -0.2) is 0 Å². The van der Waals surface area contributed by atoms with Crippen molar-refractivity contribution in [2.75, 3.05) is 4.90 Å². The predicted molar refractivity (Wildman–Crippen MR) is 63.1 cm³/mol. The van der Waals surface area contributed by atoms with Crippen LogP contribution in [0, 0.1) is 0 Å². The molecule has 1 unspecified atom stereocenters. The fourth-order valence-corrected chi connectivity index (χ4v) is 2.04. The first-order chi connectivity index (χ1) is 7.74. The molecule has 2 rings (SSSR count). The lowest BCUT2D eigenvalue weighted by Crippen LogP contribution is -2.33. The van der Waals surface area contributed by atoms with E-state index in [1.54, 1.807) is 6.08 Å². The molecular formula is C13H15NO2. The van der Waals surface area contributed by atoms with Crippen LogP contribution >= 0.6 is 0 Å². The number of rotatable bonds is 3. The molecule has 3 heteroatoms. The van der Waals surface area contributed by atoms with Crippen molar-refractivity contribution in [2.45, 2.75) is 25.5 Å². The maximum atomic E-state index is 11.7. The molecule has 1 heterocycles. The second-order valence-corrected chi connectivity index (χ2v) is 3.90. The molecule has 0 aliphatic carbocycles. The number of aliphatic hydroxyl groups excluding tert-OH is 1. The van der Waals surface area contributed by atoms with Gasteiger partial charge in [0.25, 0.3) is 0 Å². The molecule has 1 fully saturated rings. The first-order valence-electron chi connectivity index (χ1n) is 5.43. The van der Waals surface area contributed by atoms with Gasteiger partial charge in [0.2, 0.25) is 5.91 Å². The van der Waals surface area contributed by atoms with Gasteiger partial charge in [-0.15, -0.1) is 6.58 Å². The number of carbonyl (C=O) groups is 1. The highest BCUT2D eigenvalue weighted by atomic mass is 16.3. The number of benzene rings is 1. The molecule has 1 saturated heterocycles. The Labute approximate surface area is 95.0 Å². The Hall–Kier alpha value is -1.61. The number of anilines is 1. The molecule has 0 aromatic heterocycles. The highest BCUT2D eigenvalue weighted by molar-refractivity contribution is 5.96. The lowest BCUT2D eigenvalue weighted by Gasteiger charge is -2.23. The van der Waals surface area contributed by atoms with Gasteiger partial charge in [0.05, 0.1) is 0 Å². The zero-order chi connectivity index (χ0) is 11.5. The number of hydrogen-bond donors (Lipinski definition) is 1. The second kappa shape index (κ2) is 4.49. The van der Waals surface area contributed by atoms with Crippen LogP contribution in [0.1, 0.15) is 18.4 Å². The normalized spacial score (nSPS) is 20.2. The van der Waals surface area contributed by atoms with E-state index < -0.39 is 6.23 Å². The number of nitrogens with zero attached hydrogens (tertiary/aromatic N) is 1. The molecule has 0 spiro atoms. The quantitative estimate of drug-likeness (QED) is 0.785. The summed E-state index contributed by atoms with van der Waals surface area (Å²) < 4.78 is 0. The van der Waals surface area contributed by atoms with Crippen LogP contribution < -0.4 is 4.90 Å². The van der Waals surface area contributed by atoms with E-state index >= 15 is 0 Å². The van der Waals surface area contributed by atoms with Gasteiger partial charge in [0, 0.05) is 18.5 Å². The van der Waals surface area contributed by atoms with Gasteiger partial charge >= 0.3 is 0 Å². The van der Waals surface area contributed by atoms with E-state index in [1.807, 2.05) is 24.3 Å². The Morgan fingerprint density at radius 1 is 1.50 bits per heavy atom. The fraction of sp³-hybridized carbons (Fsp3) is 0.308. The van der Waals surface area contributed by atoms with Gasteiger partial charge in [-0.3, -0.25) is 9.69 Å². The molecule has 1 atom stereocenters. The standard InChI is InChI=1S/C13H15NO2/c1-2-5-10-6-3-4-7-11(10)14-12(15)8-9-13(14)16/h2-4,6-7,12,15H,1,5,8-9H2. The van der Waals surface area contributed by atoms with Crippen LogP contribution in [0.4, 0.5) is 5.69 Å². The number of para-hydroxylation sites is 1. The third-order valence-electron chi connectivity index (χ3n) is 2.80. The van der Waals surface area contributed by atoms with E-state index in [9.17, 15) is 9.90 Å². The Kier molecular flexibility index (Phi) is 3.06. The van der Waals surface area contributed by atoms with E-state index in [-0.39, 0.29) is 5.91 Å². The molecule has 1 aliphatic rings. The summed E-state index contributed by atoms with van der Waals surface area (Å²) in [6.07, 6.45) is 2.75. The molecule has 1 amide bonds. The molecular weight excluding hydrogens is 202 g/mol. The van der Waals surface area contributed by atoms with Crippen LogP contribution in [-0.2, 0) is 11.2 Å². The Morgan fingerprint density at radius 3 is 2.88 bits per heavy atom. The van der Waals surface area contributed by atoms with Crippen LogP contribution in [0.5, 0.6) is 0 Å². The SMILES string of the molecule is C=CCc1ccccc1N1C(=O)CCC1O. The maximum Gasteiger partial charge on any atom is 0.229 e. The summed E-state index contributed by atoms with van der Waals surface area (Å²) in [4.78, 5) is 13.2. The number of allylic oxidation sites excluding steroid dienone is 1. The van der Waals surface area contributed by atoms with E-state index in [2.05, 4.69) is 6.58 Å². The molecule has 1 aromatic rings. The van der Waals surface area contributed by atoms with E-state index in [0.29, 0.717) is 19.3 Å². The largest absolute Gasteiger partial charge is 0.373 e. The smallest absolute Gasteiger partial charge is 0.229 e. The molecule has 1 aliphatic heterocycles. The van der Waals surface area contributed by atoms with Crippen molar-refractivity contribution in [2.24, 2.45) is 0 Å². The topological polar surface area (TPSA) is 40.5 Å². The van der Waals surface area contributed by atoms with Crippen LogP contribution in [-0.4, -0.2) is 17.2 Å². The van der Waals surface area contributed by atoms with Crippen molar-refractivity contribution in [3.8, 4) is 0 Å². The predicted octanol–water partition coefficient (Wildman–Crippen LogP) is 1.86. The average molecular weight is 217 g/mol. The number of aliphatic hydroxyl groups is 1. The van der Waals surface area contributed by atoms with Gasteiger partial charge in [0.15, 0.2) is 0 Å². The van der Waals surface area contributed by atoms with Crippen LogP contribution in [0.2, 0.25) is 0 Å². The molecule has 16 heavy (non-hydrogen) atoms. The number of amides is 1. The summed E-state index contributed by atoms with van der Waals surface area (Å²) in [5.74, 6) is -0.0102. The van der Waals surface area contributed by atoms with E-state index in [0.717, 1.165) is 11.3 Å². The third-order valence-corrected chi connectivity index (χ3v) is 2.80. The number of carbonyl (C=O) groups excluding carboxylic acids is 1. The first kappa shape index (κ1) is 10.9. The van der Waals surface area contributed by atoms with Crippen molar-refractivity contribution in [3.05, 3.63) is 42.5 Å². The molecule has 0 bridgehead atoms. The van der Waals surface area contributed by atoms with Crippen molar-refractivity contribution < 1.29 is 9.90 Å². The Morgan fingerprint density at radius 2 is 2.25 bits per heavy atom. The minimum absolute atomic E-state index is 0.0102. The van der Waals surface area contributed by atoms with Crippen molar-refractivity contribution in [3.63, 3.8) is 0 Å². The zero-order valence-electron chi connectivity index (χ0n) is 9.10. The maximum absolute atomic E-state index is 11.7. The van der Waals surface area contributed by atoms with Crippen LogP contribution in [0.15, 0.2) is 36.9 Å². The summed E-state index contributed by atoms with van der Waals surface area (Å²) in [6.45, 7) is 3.70. The summed E-state index contributed by atoms with van der Waals surface area (Å²) in [5, 5.41) is 9.78. The van der Waals surface area contributed by atoms with Crippen molar-refractivity contribution in [1.82, 2.24) is 0 Å². The molecule has 3 nitrogen and oxygen atoms in total. The minimum atomic E-state index is -0.682. The summed E-state index contributed by atoms with van der Waals surface area (Å²) in [6, 6.07) is 7.62. The second-order valence-electron chi connectivity index (χ2n) is 3.90. The fourth-order valence-electron chi connectivity index (χ4n) is 2.04. The first-order valence-corrected chi connectivity index (χ1v) is 5.43. The van der Waals surface area contributed by atoms with Gasteiger partial charge in [-0.05, 0) is 18.1 Å². The number of hydrogen-bond acceptors (Lipinski definition) is 2. The molecule has 1 aromatic carbocycles. The average Bonchev–Trinajstić information content (AvgIpc) is 2.60. The Balaban J connectivity index is 2.38. The molecule has 0 saturated carbocycles. The van der Waals surface area contributed by atoms with Gasteiger partial charge in [0.1, 0.15) is 6.23 Å². The zero-order valence-corrected chi connectivity index (χ0v) is 9.10.